The van der Waals surface area contributed by atoms with E-state index in [0.717, 1.165) is 62.9 Å². The zero-order valence-corrected chi connectivity index (χ0v) is 16.1. The summed E-state index contributed by atoms with van der Waals surface area (Å²) in [4.78, 5) is 25.4. The van der Waals surface area contributed by atoms with Crippen molar-refractivity contribution in [1.82, 2.24) is 19.7 Å². The van der Waals surface area contributed by atoms with Gasteiger partial charge in [0.2, 0.25) is 5.91 Å². The number of hydrogen-bond donors (Lipinski definition) is 1. The van der Waals surface area contributed by atoms with E-state index in [9.17, 15) is 14.0 Å². The summed E-state index contributed by atoms with van der Waals surface area (Å²) in [5.41, 5.74) is 0.0837. The van der Waals surface area contributed by atoms with Crippen molar-refractivity contribution in [2.45, 2.75) is 69.9 Å². The van der Waals surface area contributed by atoms with Crippen molar-refractivity contribution in [3.8, 4) is 0 Å². The van der Waals surface area contributed by atoms with Crippen molar-refractivity contribution >= 4 is 5.91 Å². The fourth-order valence-corrected chi connectivity index (χ4v) is 4.61. The van der Waals surface area contributed by atoms with Crippen LogP contribution in [0.4, 0.5) is 4.39 Å². The van der Waals surface area contributed by atoms with Gasteiger partial charge in [0, 0.05) is 26.1 Å². The first-order valence-electron chi connectivity index (χ1n) is 10.3. The molecule has 28 heavy (non-hydrogen) atoms. The van der Waals surface area contributed by atoms with E-state index in [2.05, 4.69) is 10.4 Å². The summed E-state index contributed by atoms with van der Waals surface area (Å²) in [6.07, 6.45) is 7.03. The highest BCUT2D eigenvalue weighted by atomic mass is 19.1. The van der Waals surface area contributed by atoms with Crippen LogP contribution in [-0.2, 0) is 29.7 Å². The predicted octanol–water partition coefficient (Wildman–Crippen LogP) is 2.54. The zero-order valence-electron chi connectivity index (χ0n) is 16.1. The molecule has 2 aliphatic rings. The first-order chi connectivity index (χ1) is 13.6. The third-order valence-corrected chi connectivity index (χ3v) is 6.13. The van der Waals surface area contributed by atoms with Gasteiger partial charge in [-0.1, -0.05) is 25.0 Å². The van der Waals surface area contributed by atoms with Crippen molar-refractivity contribution in [1.29, 1.82) is 0 Å². The summed E-state index contributed by atoms with van der Waals surface area (Å²) >= 11 is 0. The van der Waals surface area contributed by atoms with Crippen LogP contribution in [0.3, 0.4) is 0 Å². The van der Waals surface area contributed by atoms with Gasteiger partial charge in [-0.3, -0.25) is 9.36 Å². The zero-order chi connectivity index (χ0) is 19.6. The quantitative estimate of drug-likeness (QED) is 0.776. The van der Waals surface area contributed by atoms with Gasteiger partial charge < -0.3 is 5.32 Å². The van der Waals surface area contributed by atoms with Crippen LogP contribution >= 0.6 is 0 Å². The van der Waals surface area contributed by atoms with Crippen molar-refractivity contribution in [2.75, 3.05) is 6.54 Å². The van der Waals surface area contributed by atoms with Crippen LogP contribution in [0.15, 0.2) is 29.1 Å². The van der Waals surface area contributed by atoms with Crippen molar-refractivity contribution in [2.24, 2.45) is 0 Å². The average molecular weight is 386 g/mol. The molecule has 1 fully saturated rings. The maximum absolute atomic E-state index is 13.7. The van der Waals surface area contributed by atoms with Gasteiger partial charge in [0.25, 0.3) is 0 Å². The topological polar surface area (TPSA) is 68.9 Å². The Labute approximate surface area is 163 Å². The van der Waals surface area contributed by atoms with Gasteiger partial charge in [0.1, 0.15) is 11.6 Å². The number of rotatable bonds is 6. The van der Waals surface area contributed by atoms with E-state index < -0.39 is 5.41 Å². The molecule has 6 nitrogen and oxygen atoms in total. The Morgan fingerprint density at radius 3 is 2.79 bits per heavy atom. The second-order valence-electron chi connectivity index (χ2n) is 7.94. The van der Waals surface area contributed by atoms with Crippen LogP contribution in [0.25, 0.3) is 0 Å². The van der Waals surface area contributed by atoms with E-state index in [-0.39, 0.29) is 17.4 Å². The molecular formula is C21H27FN4O2. The molecule has 1 N–H and O–H groups in total. The summed E-state index contributed by atoms with van der Waals surface area (Å²) in [5.74, 6) is 0.531. The number of fused-ring (bicyclic) bond motifs is 1. The van der Waals surface area contributed by atoms with Gasteiger partial charge in [-0.15, -0.1) is 0 Å². The van der Waals surface area contributed by atoms with Crippen LogP contribution < -0.4 is 11.0 Å². The Balaban J connectivity index is 1.37. The number of benzene rings is 1. The number of aryl methyl sites for hydroxylation is 2. The van der Waals surface area contributed by atoms with Gasteiger partial charge in [0.05, 0.1) is 5.41 Å². The standard InChI is InChI=1S/C21H27FN4O2/c22-17-8-5-7-16(15-17)21(10-2-3-11-21)19(27)23-12-6-14-26-20(28)25-13-4-1-9-18(25)24-26/h5,7-8,15H,1-4,6,9-14H2,(H,23,27). The van der Waals surface area contributed by atoms with Gasteiger partial charge in [-0.05, 0) is 49.8 Å². The van der Waals surface area contributed by atoms with E-state index >= 15 is 0 Å². The maximum atomic E-state index is 13.7. The first kappa shape index (κ1) is 18.9. The highest BCUT2D eigenvalue weighted by Gasteiger charge is 2.42. The Morgan fingerprint density at radius 2 is 2.04 bits per heavy atom. The Morgan fingerprint density at radius 1 is 1.21 bits per heavy atom. The number of halogens is 1. The number of aromatic nitrogens is 3. The van der Waals surface area contributed by atoms with Crippen LogP contribution in [0.5, 0.6) is 0 Å². The van der Waals surface area contributed by atoms with E-state index in [1.165, 1.54) is 16.8 Å². The minimum absolute atomic E-state index is 0.0351. The monoisotopic (exact) mass is 386 g/mol. The van der Waals surface area contributed by atoms with Gasteiger partial charge in [0.15, 0.2) is 0 Å². The van der Waals surface area contributed by atoms with Gasteiger partial charge >= 0.3 is 5.69 Å². The van der Waals surface area contributed by atoms with Gasteiger partial charge in [-0.25, -0.2) is 13.9 Å². The second kappa shape index (κ2) is 7.89. The normalized spacial score (nSPS) is 18.0. The second-order valence-corrected chi connectivity index (χ2v) is 7.94. The molecule has 1 amide bonds. The van der Waals surface area contributed by atoms with E-state index in [1.54, 1.807) is 10.6 Å². The number of carbonyl (C=O) groups excluding carboxylic acids is 1. The van der Waals surface area contributed by atoms with E-state index in [1.807, 2.05) is 6.07 Å². The lowest BCUT2D eigenvalue weighted by atomic mass is 9.78. The third-order valence-electron chi connectivity index (χ3n) is 6.13. The predicted molar refractivity (Wildman–Crippen MR) is 104 cm³/mol. The molecule has 7 heteroatoms. The van der Waals surface area contributed by atoms with Crippen LogP contribution in [0, 0.1) is 5.82 Å². The Hall–Kier alpha value is -2.44. The maximum Gasteiger partial charge on any atom is 0.345 e. The molecule has 1 aromatic carbocycles. The minimum atomic E-state index is -0.633. The highest BCUT2D eigenvalue weighted by molar-refractivity contribution is 5.88. The molecular weight excluding hydrogens is 359 g/mol. The fraction of sp³-hybridized carbons (Fsp3) is 0.571. The molecule has 4 rings (SSSR count). The minimum Gasteiger partial charge on any atom is -0.355 e. The molecule has 2 heterocycles. The number of nitrogens with one attached hydrogen (secondary N) is 1. The average Bonchev–Trinajstić information content (AvgIpc) is 3.32. The molecule has 1 aromatic heterocycles. The molecule has 1 aliphatic heterocycles. The molecule has 2 aromatic rings. The third kappa shape index (κ3) is 3.50. The molecule has 0 bridgehead atoms. The molecule has 0 atom stereocenters. The van der Waals surface area contributed by atoms with Crippen LogP contribution in [0.1, 0.15) is 56.3 Å². The van der Waals surface area contributed by atoms with Crippen molar-refractivity contribution < 1.29 is 9.18 Å². The van der Waals surface area contributed by atoms with E-state index in [0.29, 0.717) is 19.5 Å². The smallest absolute Gasteiger partial charge is 0.345 e. The Bertz CT molecular complexity index is 911. The Kier molecular flexibility index (Phi) is 5.33. The van der Waals surface area contributed by atoms with Crippen LogP contribution in [-0.4, -0.2) is 26.8 Å². The molecule has 0 spiro atoms. The number of hydrogen-bond acceptors (Lipinski definition) is 3. The molecule has 0 radical (unpaired) electrons. The van der Waals surface area contributed by atoms with Crippen molar-refractivity contribution in [3.63, 3.8) is 0 Å². The van der Waals surface area contributed by atoms with Crippen molar-refractivity contribution in [3.05, 3.63) is 52.0 Å². The summed E-state index contributed by atoms with van der Waals surface area (Å²) < 4.78 is 17.0. The van der Waals surface area contributed by atoms with Gasteiger partial charge in [-0.2, -0.15) is 5.10 Å². The highest BCUT2D eigenvalue weighted by Crippen LogP contribution is 2.41. The lowest BCUT2D eigenvalue weighted by Crippen LogP contribution is -2.43. The number of amides is 1. The lowest BCUT2D eigenvalue weighted by Gasteiger charge is -2.28. The van der Waals surface area contributed by atoms with Crippen LogP contribution in [0.2, 0.25) is 0 Å². The summed E-state index contributed by atoms with van der Waals surface area (Å²) in [5, 5.41) is 7.45. The first-order valence-corrected chi connectivity index (χ1v) is 10.3. The summed E-state index contributed by atoms with van der Waals surface area (Å²) in [7, 11) is 0. The molecule has 0 unspecified atom stereocenters. The molecule has 1 aliphatic carbocycles. The number of carbonyl (C=O) groups is 1. The molecule has 150 valence electrons. The summed E-state index contributed by atoms with van der Waals surface area (Å²) in [6.45, 7) is 1.72. The number of nitrogens with zero attached hydrogens (tertiary/aromatic N) is 3. The molecule has 1 saturated carbocycles. The fourth-order valence-electron chi connectivity index (χ4n) is 4.61. The van der Waals surface area contributed by atoms with E-state index in [4.69, 9.17) is 0 Å². The lowest BCUT2D eigenvalue weighted by molar-refractivity contribution is -0.126. The largest absolute Gasteiger partial charge is 0.355 e. The SMILES string of the molecule is O=C(NCCCn1nc2n(c1=O)CCCC2)C1(c2cccc(F)c2)CCCC1. The molecule has 0 saturated heterocycles. The summed E-state index contributed by atoms with van der Waals surface area (Å²) in [6, 6.07) is 6.42.